The van der Waals surface area contributed by atoms with Crippen molar-refractivity contribution in [2.75, 3.05) is 7.11 Å². The molecule has 3 heteroatoms. The summed E-state index contributed by atoms with van der Waals surface area (Å²) in [5, 5.41) is 0. The highest BCUT2D eigenvalue weighted by Gasteiger charge is 2.11. The number of imidazole rings is 1. The van der Waals surface area contributed by atoms with Crippen molar-refractivity contribution in [3.05, 3.63) is 17.7 Å². The molecule has 0 saturated heterocycles. The van der Waals surface area contributed by atoms with Gasteiger partial charge in [0.2, 0.25) is 0 Å². The number of aryl methyl sites for hydroxylation is 2. The van der Waals surface area contributed by atoms with E-state index in [4.69, 9.17) is 4.74 Å². The lowest BCUT2D eigenvalue weighted by Crippen LogP contribution is -2.08. The lowest BCUT2D eigenvalue weighted by molar-refractivity contribution is 0.181. The minimum Gasteiger partial charge on any atom is -0.378 e. The molecule has 0 atom stereocenters. The van der Waals surface area contributed by atoms with Gasteiger partial charge in [0.1, 0.15) is 5.82 Å². The van der Waals surface area contributed by atoms with Gasteiger partial charge >= 0.3 is 0 Å². The third kappa shape index (κ3) is 1.37. The quantitative estimate of drug-likeness (QED) is 0.663. The van der Waals surface area contributed by atoms with E-state index in [9.17, 15) is 0 Å². The third-order valence-corrected chi connectivity index (χ3v) is 2.25. The molecule has 0 spiro atoms. The second-order valence-corrected chi connectivity index (χ2v) is 3.23. The van der Waals surface area contributed by atoms with Crippen molar-refractivity contribution in [3.8, 4) is 0 Å². The monoisotopic (exact) mass is 166 g/mol. The Bertz CT molecular complexity index is 244. The standard InChI is InChI=1S/C9H14N2O/c1-12-7-8-6-11-5-3-2-4-9(11)10-8/h6H,2-5,7H2,1H3. The van der Waals surface area contributed by atoms with Crippen LogP contribution in [0.1, 0.15) is 24.4 Å². The first kappa shape index (κ1) is 7.80. The van der Waals surface area contributed by atoms with Crippen LogP contribution in [0.3, 0.4) is 0 Å². The van der Waals surface area contributed by atoms with Gasteiger partial charge in [0.25, 0.3) is 0 Å². The van der Waals surface area contributed by atoms with Crippen molar-refractivity contribution >= 4 is 0 Å². The van der Waals surface area contributed by atoms with Crippen LogP contribution in [0.25, 0.3) is 0 Å². The number of hydrogen-bond acceptors (Lipinski definition) is 2. The number of nitrogens with zero attached hydrogens (tertiary/aromatic N) is 2. The summed E-state index contributed by atoms with van der Waals surface area (Å²) < 4.78 is 7.28. The van der Waals surface area contributed by atoms with E-state index in [1.54, 1.807) is 7.11 Å². The summed E-state index contributed by atoms with van der Waals surface area (Å²) in [6.45, 7) is 1.77. The minimum atomic E-state index is 0.639. The molecule has 1 aromatic rings. The molecule has 3 nitrogen and oxygen atoms in total. The number of aromatic nitrogens is 2. The molecule has 1 aliphatic heterocycles. The zero-order chi connectivity index (χ0) is 8.39. The maximum Gasteiger partial charge on any atom is 0.109 e. The maximum atomic E-state index is 5.03. The van der Waals surface area contributed by atoms with Gasteiger partial charge in [-0.15, -0.1) is 0 Å². The molecule has 0 N–H and O–H groups in total. The second kappa shape index (κ2) is 3.27. The second-order valence-electron chi connectivity index (χ2n) is 3.23. The largest absolute Gasteiger partial charge is 0.378 e. The fraction of sp³-hybridized carbons (Fsp3) is 0.667. The Morgan fingerprint density at radius 3 is 3.25 bits per heavy atom. The average molecular weight is 166 g/mol. The normalized spacial score (nSPS) is 16.1. The first-order valence-corrected chi connectivity index (χ1v) is 4.44. The molecule has 0 saturated carbocycles. The predicted molar refractivity (Wildman–Crippen MR) is 45.9 cm³/mol. The molecule has 0 radical (unpaired) electrons. The van der Waals surface area contributed by atoms with E-state index in [0.717, 1.165) is 18.7 Å². The SMILES string of the molecule is COCc1cn2c(n1)CCCC2. The van der Waals surface area contributed by atoms with Gasteiger partial charge in [-0.3, -0.25) is 0 Å². The van der Waals surface area contributed by atoms with Crippen molar-refractivity contribution in [2.24, 2.45) is 0 Å². The molecule has 1 aromatic heterocycles. The topological polar surface area (TPSA) is 27.1 Å². The number of methoxy groups -OCH3 is 1. The fourth-order valence-corrected chi connectivity index (χ4v) is 1.69. The first-order valence-electron chi connectivity index (χ1n) is 4.44. The Balaban J connectivity index is 2.20. The number of hydrogen-bond donors (Lipinski definition) is 0. The highest BCUT2D eigenvalue weighted by atomic mass is 16.5. The van der Waals surface area contributed by atoms with E-state index in [0.29, 0.717) is 6.61 Å². The Hall–Kier alpha value is -0.830. The maximum absolute atomic E-state index is 5.03. The van der Waals surface area contributed by atoms with Crippen LogP contribution < -0.4 is 0 Å². The van der Waals surface area contributed by atoms with E-state index >= 15 is 0 Å². The van der Waals surface area contributed by atoms with Crippen molar-refractivity contribution in [1.82, 2.24) is 9.55 Å². The van der Waals surface area contributed by atoms with Crippen LogP contribution in [-0.4, -0.2) is 16.7 Å². The Morgan fingerprint density at radius 2 is 2.50 bits per heavy atom. The summed E-state index contributed by atoms with van der Waals surface area (Å²) >= 11 is 0. The number of ether oxygens (including phenoxy) is 1. The van der Waals surface area contributed by atoms with Crippen LogP contribution in [0.5, 0.6) is 0 Å². The summed E-state index contributed by atoms with van der Waals surface area (Å²) in [7, 11) is 1.71. The van der Waals surface area contributed by atoms with Gasteiger partial charge in [-0.05, 0) is 12.8 Å². The van der Waals surface area contributed by atoms with Crippen LogP contribution >= 0.6 is 0 Å². The van der Waals surface area contributed by atoms with Crippen LogP contribution in [0.4, 0.5) is 0 Å². The highest BCUT2D eigenvalue weighted by molar-refractivity contribution is 5.05. The lowest BCUT2D eigenvalue weighted by Gasteiger charge is -2.11. The molecule has 2 heterocycles. The summed E-state index contributed by atoms with van der Waals surface area (Å²) in [6, 6.07) is 0. The molecule has 2 rings (SSSR count). The number of rotatable bonds is 2. The Labute approximate surface area is 72.4 Å². The van der Waals surface area contributed by atoms with Gasteiger partial charge in [0.15, 0.2) is 0 Å². The van der Waals surface area contributed by atoms with E-state index < -0.39 is 0 Å². The molecule has 0 fully saturated rings. The molecule has 0 aromatic carbocycles. The molecule has 0 unspecified atom stereocenters. The van der Waals surface area contributed by atoms with Crippen LogP contribution in [0, 0.1) is 0 Å². The van der Waals surface area contributed by atoms with Crippen molar-refractivity contribution in [1.29, 1.82) is 0 Å². The summed E-state index contributed by atoms with van der Waals surface area (Å²) in [4.78, 5) is 4.48. The van der Waals surface area contributed by atoms with Gasteiger partial charge in [-0.25, -0.2) is 4.98 Å². The van der Waals surface area contributed by atoms with E-state index in [2.05, 4.69) is 15.7 Å². The van der Waals surface area contributed by atoms with Gasteiger partial charge in [0, 0.05) is 26.3 Å². The number of fused-ring (bicyclic) bond motifs is 1. The highest BCUT2D eigenvalue weighted by Crippen LogP contribution is 2.14. The molecular weight excluding hydrogens is 152 g/mol. The lowest BCUT2D eigenvalue weighted by atomic mass is 10.2. The minimum absolute atomic E-state index is 0.639. The van der Waals surface area contributed by atoms with Crippen molar-refractivity contribution in [2.45, 2.75) is 32.4 Å². The zero-order valence-corrected chi connectivity index (χ0v) is 7.42. The van der Waals surface area contributed by atoms with E-state index in [1.807, 2.05) is 0 Å². The molecule has 0 bridgehead atoms. The average Bonchev–Trinajstić information content (AvgIpc) is 2.47. The smallest absolute Gasteiger partial charge is 0.109 e. The van der Waals surface area contributed by atoms with Gasteiger partial charge in [0.05, 0.1) is 12.3 Å². The molecule has 66 valence electrons. The van der Waals surface area contributed by atoms with Gasteiger partial charge in [-0.1, -0.05) is 0 Å². The Morgan fingerprint density at radius 1 is 1.58 bits per heavy atom. The third-order valence-electron chi connectivity index (χ3n) is 2.25. The van der Waals surface area contributed by atoms with Crippen LogP contribution in [0.2, 0.25) is 0 Å². The molecule has 0 amide bonds. The van der Waals surface area contributed by atoms with Gasteiger partial charge in [-0.2, -0.15) is 0 Å². The summed E-state index contributed by atoms with van der Waals surface area (Å²) in [6.07, 6.45) is 5.81. The summed E-state index contributed by atoms with van der Waals surface area (Å²) in [5.74, 6) is 1.23. The fourth-order valence-electron chi connectivity index (χ4n) is 1.69. The van der Waals surface area contributed by atoms with E-state index in [-0.39, 0.29) is 0 Å². The molecular formula is C9H14N2O. The first-order chi connectivity index (χ1) is 5.90. The summed E-state index contributed by atoms with van der Waals surface area (Å²) in [5.41, 5.74) is 1.06. The van der Waals surface area contributed by atoms with Crippen LogP contribution in [-0.2, 0) is 24.3 Å². The predicted octanol–water partition coefficient (Wildman–Crippen LogP) is 1.37. The zero-order valence-electron chi connectivity index (χ0n) is 7.42. The molecule has 12 heavy (non-hydrogen) atoms. The van der Waals surface area contributed by atoms with Crippen molar-refractivity contribution < 1.29 is 4.74 Å². The molecule has 0 aliphatic carbocycles. The van der Waals surface area contributed by atoms with Crippen LogP contribution in [0.15, 0.2) is 6.20 Å². The van der Waals surface area contributed by atoms with Gasteiger partial charge < -0.3 is 9.30 Å². The molecule has 1 aliphatic rings. The Kier molecular flexibility index (Phi) is 2.13. The van der Waals surface area contributed by atoms with Crippen molar-refractivity contribution in [3.63, 3.8) is 0 Å². The van der Waals surface area contributed by atoms with E-state index in [1.165, 1.54) is 18.7 Å².